The van der Waals surface area contributed by atoms with E-state index in [0.717, 1.165) is 29.9 Å². The number of phenols is 1. The number of benzene rings is 3. The van der Waals surface area contributed by atoms with E-state index in [1.165, 1.54) is 17.2 Å². The number of rotatable bonds is 7. The maximum absolute atomic E-state index is 12.7. The smallest absolute Gasteiger partial charge is 0.255 e. The molecule has 5 nitrogen and oxygen atoms in total. The summed E-state index contributed by atoms with van der Waals surface area (Å²) in [4.78, 5) is 12.7. The highest BCUT2D eigenvalue weighted by Crippen LogP contribution is 2.34. The normalized spacial score (nSPS) is 13.9. The molecule has 34 heavy (non-hydrogen) atoms. The monoisotopic (exact) mass is 459 g/mol. The number of hydrogen-bond donors (Lipinski definition) is 2. The van der Waals surface area contributed by atoms with Crippen molar-refractivity contribution in [1.82, 2.24) is 5.32 Å². The van der Waals surface area contributed by atoms with E-state index in [2.05, 4.69) is 50.4 Å². The fourth-order valence-electron chi connectivity index (χ4n) is 4.19. The summed E-state index contributed by atoms with van der Waals surface area (Å²) in [6.45, 7) is 8.18. The van der Waals surface area contributed by atoms with E-state index in [4.69, 9.17) is 9.47 Å². The summed E-state index contributed by atoms with van der Waals surface area (Å²) in [7, 11) is 0. The zero-order valence-corrected chi connectivity index (χ0v) is 20.1. The van der Waals surface area contributed by atoms with Gasteiger partial charge in [0.15, 0.2) is 11.5 Å². The Hall–Kier alpha value is -3.47. The molecule has 0 spiro atoms. The van der Waals surface area contributed by atoms with Crippen molar-refractivity contribution in [2.45, 2.75) is 44.9 Å². The van der Waals surface area contributed by atoms with Crippen molar-refractivity contribution >= 4 is 5.91 Å². The highest BCUT2D eigenvalue weighted by molar-refractivity contribution is 5.96. The molecular formula is C29H33NO4. The third kappa shape index (κ3) is 5.71. The van der Waals surface area contributed by atoms with Gasteiger partial charge < -0.3 is 19.9 Å². The molecule has 1 heterocycles. The fraction of sp³-hybridized carbons (Fsp3) is 0.345. The van der Waals surface area contributed by atoms with Crippen LogP contribution in [0.1, 0.15) is 60.2 Å². The third-order valence-corrected chi connectivity index (χ3v) is 6.30. The van der Waals surface area contributed by atoms with Crippen molar-refractivity contribution in [3.8, 4) is 17.2 Å². The van der Waals surface area contributed by atoms with Gasteiger partial charge in [-0.05, 0) is 59.2 Å². The standard InChI is InChI=1S/C29H33NO4/c1-29(2,3)23-13-9-20(10-14-23)8-11-22(19-30-28(32)24-6-4-5-7-25(24)31)21-12-15-26-27(18-21)34-17-16-33-26/h4-7,9-10,12-15,18,22,31H,8,11,16-17,19H2,1-3H3,(H,30,32). The van der Waals surface area contributed by atoms with Gasteiger partial charge in [0.05, 0.1) is 5.56 Å². The van der Waals surface area contributed by atoms with E-state index in [1.54, 1.807) is 18.2 Å². The lowest BCUT2D eigenvalue weighted by Crippen LogP contribution is -2.29. The van der Waals surface area contributed by atoms with E-state index in [9.17, 15) is 9.90 Å². The second-order valence-corrected chi connectivity index (χ2v) is 9.81. The lowest BCUT2D eigenvalue weighted by molar-refractivity contribution is 0.0948. The molecule has 0 saturated carbocycles. The van der Waals surface area contributed by atoms with Gasteiger partial charge >= 0.3 is 0 Å². The number of nitrogens with one attached hydrogen (secondary N) is 1. The molecule has 1 amide bonds. The lowest BCUT2D eigenvalue weighted by Gasteiger charge is -2.23. The number of phenolic OH excluding ortho intramolecular Hbond substituents is 1. The van der Waals surface area contributed by atoms with Crippen molar-refractivity contribution in [3.63, 3.8) is 0 Å². The van der Waals surface area contributed by atoms with Gasteiger partial charge in [-0.1, -0.05) is 63.2 Å². The first kappa shape index (κ1) is 23.7. The average Bonchev–Trinajstić information content (AvgIpc) is 2.83. The molecule has 1 unspecified atom stereocenters. The van der Waals surface area contributed by atoms with Gasteiger partial charge in [-0.3, -0.25) is 4.79 Å². The molecule has 3 aromatic carbocycles. The number of para-hydroxylation sites is 1. The molecule has 0 bridgehead atoms. The largest absolute Gasteiger partial charge is 0.507 e. The predicted octanol–water partition coefficient (Wildman–Crippen LogP) is 5.61. The number of ether oxygens (including phenoxy) is 2. The number of aryl methyl sites for hydroxylation is 1. The number of aromatic hydroxyl groups is 1. The van der Waals surface area contributed by atoms with Crippen LogP contribution in [0, 0.1) is 0 Å². The van der Waals surface area contributed by atoms with Gasteiger partial charge in [-0.15, -0.1) is 0 Å². The van der Waals surface area contributed by atoms with Crippen molar-refractivity contribution in [3.05, 3.63) is 89.0 Å². The van der Waals surface area contributed by atoms with Crippen LogP contribution in [0.3, 0.4) is 0 Å². The molecule has 178 valence electrons. The Morgan fingerprint density at radius 3 is 2.38 bits per heavy atom. The third-order valence-electron chi connectivity index (χ3n) is 6.30. The summed E-state index contributed by atoms with van der Waals surface area (Å²) in [5.41, 5.74) is 4.07. The molecule has 2 N–H and O–H groups in total. The molecule has 0 radical (unpaired) electrons. The molecule has 3 aromatic rings. The van der Waals surface area contributed by atoms with Crippen LogP contribution in [0.25, 0.3) is 0 Å². The van der Waals surface area contributed by atoms with Gasteiger partial charge in [0.2, 0.25) is 0 Å². The van der Waals surface area contributed by atoms with Crippen LogP contribution >= 0.6 is 0 Å². The highest BCUT2D eigenvalue weighted by atomic mass is 16.6. The second kappa shape index (κ2) is 10.2. The SMILES string of the molecule is CC(C)(C)c1ccc(CCC(CNC(=O)c2ccccc2O)c2ccc3c(c2)OCCO3)cc1. The minimum atomic E-state index is -0.282. The van der Waals surface area contributed by atoms with E-state index in [-0.39, 0.29) is 28.6 Å². The molecule has 0 aliphatic carbocycles. The van der Waals surface area contributed by atoms with Gasteiger partial charge in [-0.2, -0.15) is 0 Å². The Kier molecular flexibility index (Phi) is 7.11. The summed E-state index contributed by atoms with van der Waals surface area (Å²) in [5, 5.41) is 13.0. The van der Waals surface area contributed by atoms with Crippen LogP contribution in [-0.2, 0) is 11.8 Å². The number of carbonyl (C=O) groups is 1. The van der Waals surface area contributed by atoms with Crippen molar-refractivity contribution < 1.29 is 19.4 Å². The summed E-state index contributed by atoms with van der Waals surface area (Å²) in [6.07, 6.45) is 1.74. The molecule has 0 saturated heterocycles. The number of amides is 1. The van der Waals surface area contributed by atoms with Gasteiger partial charge in [0, 0.05) is 12.5 Å². The van der Waals surface area contributed by atoms with E-state index >= 15 is 0 Å². The van der Waals surface area contributed by atoms with Crippen LogP contribution in [0.2, 0.25) is 0 Å². The first-order valence-electron chi connectivity index (χ1n) is 11.9. The Morgan fingerprint density at radius 1 is 0.971 bits per heavy atom. The van der Waals surface area contributed by atoms with Crippen molar-refractivity contribution in [2.24, 2.45) is 0 Å². The topological polar surface area (TPSA) is 67.8 Å². The Bertz CT molecular complexity index is 1130. The number of fused-ring (bicyclic) bond motifs is 1. The van der Waals surface area contributed by atoms with Gasteiger partial charge in [-0.25, -0.2) is 0 Å². The second-order valence-electron chi connectivity index (χ2n) is 9.81. The Morgan fingerprint density at radius 2 is 1.68 bits per heavy atom. The Balaban J connectivity index is 1.50. The van der Waals surface area contributed by atoms with Gasteiger partial charge in [0.25, 0.3) is 5.91 Å². The molecule has 0 fully saturated rings. The fourth-order valence-corrected chi connectivity index (χ4v) is 4.19. The first-order chi connectivity index (χ1) is 16.3. The highest BCUT2D eigenvalue weighted by Gasteiger charge is 2.20. The van der Waals surface area contributed by atoms with Crippen molar-refractivity contribution in [2.75, 3.05) is 19.8 Å². The van der Waals surface area contributed by atoms with E-state index in [1.807, 2.05) is 18.2 Å². The van der Waals surface area contributed by atoms with Crippen LogP contribution in [0.15, 0.2) is 66.7 Å². The molecule has 0 aromatic heterocycles. The van der Waals surface area contributed by atoms with Gasteiger partial charge in [0.1, 0.15) is 19.0 Å². The van der Waals surface area contributed by atoms with Crippen LogP contribution in [0.4, 0.5) is 0 Å². The molecule has 5 heteroatoms. The van der Waals surface area contributed by atoms with Crippen molar-refractivity contribution in [1.29, 1.82) is 0 Å². The maximum atomic E-state index is 12.7. The quantitative estimate of drug-likeness (QED) is 0.482. The van der Waals surface area contributed by atoms with Crippen LogP contribution in [-0.4, -0.2) is 30.8 Å². The summed E-state index contributed by atoms with van der Waals surface area (Å²) >= 11 is 0. The first-order valence-corrected chi connectivity index (χ1v) is 11.9. The molecule has 4 rings (SSSR count). The molecule has 1 aliphatic heterocycles. The van der Waals surface area contributed by atoms with Crippen LogP contribution < -0.4 is 14.8 Å². The van der Waals surface area contributed by atoms with E-state index in [0.29, 0.717) is 19.8 Å². The molecule has 1 aliphatic rings. The maximum Gasteiger partial charge on any atom is 0.255 e. The number of carbonyl (C=O) groups excluding carboxylic acids is 1. The summed E-state index contributed by atoms with van der Waals surface area (Å²) in [6, 6.07) is 21.4. The summed E-state index contributed by atoms with van der Waals surface area (Å²) in [5.74, 6) is 1.28. The minimum Gasteiger partial charge on any atom is -0.507 e. The average molecular weight is 460 g/mol. The predicted molar refractivity (Wildman–Crippen MR) is 134 cm³/mol. The molecule has 1 atom stereocenters. The molecular weight excluding hydrogens is 426 g/mol. The zero-order chi connectivity index (χ0) is 24.1. The number of hydrogen-bond acceptors (Lipinski definition) is 4. The minimum absolute atomic E-state index is 0.0187. The summed E-state index contributed by atoms with van der Waals surface area (Å²) < 4.78 is 11.5. The zero-order valence-electron chi connectivity index (χ0n) is 20.1. The Labute approximate surface area is 201 Å². The van der Waals surface area contributed by atoms with E-state index < -0.39 is 0 Å². The lowest BCUT2D eigenvalue weighted by atomic mass is 9.86. The van der Waals surface area contributed by atoms with Crippen LogP contribution in [0.5, 0.6) is 17.2 Å².